The predicted octanol–water partition coefficient (Wildman–Crippen LogP) is 6.83. The van der Waals surface area contributed by atoms with Gasteiger partial charge in [0.1, 0.15) is 11.4 Å². The van der Waals surface area contributed by atoms with E-state index >= 15 is 0 Å². The minimum absolute atomic E-state index is 0.208. The summed E-state index contributed by atoms with van der Waals surface area (Å²) in [6.07, 6.45) is 0. The Labute approximate surface area is 198 Å². The van der Waals surface area contributed by atoms with Gasteiger partial charge in [-0.3, -0.25) is 14.7 Å². The highest BCUT2D eigenvalue weighted by Crippen LogP contribution is 2.31. The van der Waals surface area contributed by atoms with E-state index in [-0.39, 0.29) is 23.0 Å². The molecule has 7 heteroatoms. The van der Waals surface area contributed by atoms with Gasteiger partial charge in [-0.2, -0.15) is 5.10 Å². The number of nitrogens with one attached hydrogen (secondary N) is 1. The number of carbonyl (C=O) groups is 2. The first-order valence-corrected chi connectivity index (χ1v) is 11.3. The number of nitrogens with zero attached hydrogens (tertiary/aromatic N) is 1. The van der Waals surface area contributed by atoms with Gasteiger partial charge >= 0.3 is 0 Å². The molecule has 0 amide bonds. The second-order valence-electron chi connectivity index (χ2n) is 6.50. The molecule has 4 nitrogen and oxygen atoms in total. The van der Waals surface area contributed by atoms with Crippen LogP contribution in [0.2, 0.25) is 0 Å². The van der Waals surface area contributed by atoms with Crippen LogP contribution < -0.4 is 0 Å². The SMILES string of the molecule is O=C(c1ccc(Br)cc1)c1n[nH]c(C(=O)c2ccc(Br)cc2)c1-c1ccc(Br)cc1. The first kappa shape index (κ1) is 20.9. The molecule has 0 aliphatic rings. The Morgan fingerprint density at radius 2 is 1.07 bits per heavy atom. The number of hydrogen-bond acceptors (Lipinski definition) is 3. The van der Waals surface area contributed by atoms with Gasteiger partial charge in [0.15, 0.2) is 0 Å². The lowest BCUT2D eigenvalue weighted by Gasteiger charge is -2.07. The molecule has 1 aromatic heterocycles. The molecule has 4 rings (SSSR count). The van der Waals surface area contributed by atoms with E-state index in [1.54, 1.807) is 48.5 Å². The Morgan fingerprint density at radius 1 is 0.633 bits per heavy atom. The van der Waals surface area contributed by atoms with Gasteiger partial charge in [0.25, 0.3) is 0 Å². The first-order valence-electron chi connectivity index (χ1n) is 8.89. The van der Waals surface area contributed by atoms with Crippen molar-refractivity contribution in [2.24, 2.45) is 0 Å². The van der Waals surface area contributed by atoms with Crippen molar-refractivity contribution >= 4 is 59.4 Å². The molecule has 0 saturated heterocycles. The Hall–Kier alpha value is -2.35. The minimum atomic E-state index is -0.258. The molecule has 0 fully saturated rings. The highest BCUT2D eigenvalue weighted by molar-refractivity contribution is 9.11. The summed E-state index contributed by atoms with van der Waals surface area (Å²) in [5.74, 6) is -0.491. The lowest BCUT2D eigenvalue weighted by molar-refractivity contribution is 0.102. The number of rotatable bonds is 5. The van der Waals surface area contributed by atoms with E-state index in [9.17, 15) is 9.59 Å². The number of aromatic nitrogens is 2. The highest BCUT2D eigenvalue weighted by atomic mass is 79.9. The summed E-state index contributed by atoms with van der Waals surface area (Å²) >= 11 is 10.2. The molecule has 0 aliphatic carbocycles. The van der Waals surface area contributed by atoms with Crippen LogP contribution in [0.5, 0.6) is 0 Å². The van der Waals surface area contributed by atoms with Crippen LogP contribution in [-0.2, 0) is 0 Å². The molecule has 0 spiro atoms. The van der Waals surface area contributed by atoms with E-state index in [0.29, 0.717) is 16.7 Å². The van der Waals surface area contributed by atoms with Gasteiger partial charge in [0.05, 0.1) is 0 Å². The number of H-pyrrole nitrogens is 1. The molecule has 148 valence electrons. The molecule has 0 radical (unpaired) electrons. The molecular formula is C23H13Br3N2O2. The monoisotopic (exact) mass is 586 g/mol. The van der Waals surface area contributed by atoms with Crippen LogP contribution >= 0.6 is 47.8 Å². The molecule has 0 atom stereocenters. The van der Waals surface area contributed by atoms with Gasteiger partial charge in [0.2, 0.25) is 11.6 Å². The molecule has 1 N–H and O–H groups in total. The van der Waals surface area contributed by atoms with Crippen LogP contribution in [0.1, 0.15) is 32.1 Å². The second kappa shape index (κ2) is 8.79. The number of ketones is 2. The molecule has 0 saturated carbocycles. The second-order valence-corrected chi connectivity index (χ2v) is 9.25. The number of halogens is 3. The smallest absolute Gasteiger partial charge is 0.213 e. The van der Waals surface area contributed by atoms with Crippen LogP contribution in [0.15, 0.2) is 86.2 Å². The fraction of sp³-hybridized carbons (Fsp3) is 0. The third-order valence-corrected chi connectivity index (χ3v) is 6.14. The maximum atomic E-state index is 13.2. The van der Waals surface area contributed by atoms with Crippen molar-refractivity contribution in [3.05, 3.63) is 109 Å². The lowest BCUT2D eigenvalue weighted by Crippen LogP contribution is -2.06. The predicted molar refractivity (Wildman–Crippen MR) is 127 cm³/mol. The largest absolute Gasteiger partial charge is 0.287 e. The number of benzene rings is 3. The van der Waals surface area contributed by atoms with Gasteiger partial charge in [-0.1, -0.05) is 59.9 Å². The van der Waals surface area contributed by atoms with Crippen LogP contribution in [0.3, 0.4) is 0 Å². The van der Waals surface area contributed by atoms with Crippen LogP contribution in [0.25, 0.3) is 11.1 Å². The zero-order valence-corrected chi connectivity index (χ0v) is 20.1. The van der Waals surface area contributed by atoms with Crippen molar-refractivity contribution in [1.29, 1.82) is 0 Å². The van der Waals surface area contributed by atoms with Gasteiger partial charge in [-0.15, -0.1) is 0 Å². The van der Waals surface area contributed by atoms with Gasteiger partial charge in [-0.05, 0) is 66.2 Å². The molecular weight excluding hydrogens is 576 g/mol. The standard InChI is InChI=1S/C23H13Br3N2O2/c24-16-7-1-13(2-8-16)19-20(22(29)14-3-9-17(25)10-4-14)27-28-21(19)23(30)15-5-11-18(26)12-6-15/h1-12H,(H,27,28). The average molecular weight is 589 g/mol. The minimum Gasteiger partial charge on any atom is -0.287 e. The van der Waals surface area contributed by atoms with Crippen molar-refractivity contribution in [2.45, 2.75) is 0 Å². The van der Waals surface area contributed by atoms with Gasteiger partial charge < -0.3 is 0 Å². The van der Waals surface area contributed by atoms with Crippen molar-refractivity contribution in [2.75, 3.05) is 0 Å². The summed E-state index contributed by atoms with van der Waals surface area (Å²) < 4.78 is 2.65. The summed E-state index contributed by atoms with van der Waals surface area (Å²) in [5.41, 5.74) is 2.70. The van der Waals surface area contributed by atoms with Crippen molar-refractivity contribution in [3.8, 4) is 11.1 Å². The Bertz CT molecular complexity index is 1150. The molecule has 4 aromatic rings. The Balaban J connectivity index is 1.86. The van der Waals surface area contributed by atoms with E-state index in [1.165, 1.54) is 0 Å². The molecule has 0 unspecified atom stereocenters. The normalized spacial score (nSPS) is 10.8. The maximum absolute atomic E-state index is 13.2. The van der Waals surface area contributed by atoms with E-state index < -0.39 is 0 Å². The maximum Gasteiger partial charge on any atom is 0.213 e. The molecule has 30 heavy (non-hydrogen) atoms. The third kappa shape index (κ3) is 4.24. The third-order valence-electron chi connectivity index (χ3n) is 4.55. The Morgan fingerprint density at radius 3 is 1.57 bits per heavy atom. The van der Waals surface area contributed by atoms with E-state index in [1.807, 2.05) is 24.3 Å². The highest BCUT2D eigenvalue weighted by Gasteiger charge is 2.26. The van der Waals surface area contributed by atoms with Crippen LogP contribution in [0.4, 0.5) is 0 Å². The summed E-state index contributed by atoms with van der Waals surface area (Å²) in [7, 11) is 0. The summed E-state index contributed by atoms with van der Waals surface area (Å²) in [6.45, 7) is 0. The Kier molecular flexibility index (Phi) is 6.13. The van der Waals surface area contributed by atoms with E-state index in [4.69, 9.17) is 0 Å². The zero-order chi connectivity index (χ0) is 21.3. The first-order chi connectivity index (χ1) is 14.4. The molecule has 0 aliphatic heterocycles. The van der Waals surface area contributed by atoms with Crippen LogP contribution in [-0.4, -0.2) is 21.8 Å². The summed E-state index contributed by atoms with van der Waals surface area (Å²) in [6, 6.07) is 21.5. The quantitative estimate of drug-likeness (QED) is 0.260. The fourth-order valence-electron chi connectivity index (χ4n) is 3.05. The fourth-order valence-corrected chi connectivity index (χ4v) is 3.84. The number of carbonyl (C=O) groups excluding carboxylic acids is 2. The average Bonchev–Trinajstić information content (AvgIpc) is 3.19. The van der Waals surface area contributed by atoms with Gasteiger partial charge in [-0.25, -0.2) is 0 Å². The zero-order valence-electron chi connectivity index (χ0n) is 15.3. The van der Waals surface area contributed by atoms with Gasteiger partial charge in [0, 0.05) is 30.1 Å². The summed E-state index contributed by atoms with van der Waals surface area (Å²) in [5, 5.41) is 7.06. The van der Waals surface area contributed by atoms with Crippen molar-refractivity contribution < 1.29 is 9.59 Å². The topological polar surface area (TPSA) is 62.8 Å². The van der Waals surface area contributed by atoms with Crippen molar-refractivity contribution in [3.63, 3.8) is 0 Å². The molecule has 0 bridgehead atoms. The molecule has 3 aromatic carbocycles. The number of hydrogen-bond donors (Lipinski definition) is 1. The molecule has 1 heterocycles. The van der Waals surface area contributed by atoms with E-state index in [0.717, 1.165) is 19.0 Å². The lowest BCUT2D eigenvalue weighted by atomic mass is 9.95. The van der Waals surface area contributed by atoms with Crippen molar-refractivity contribution in [1.82, 2.24) is 10.2 Å². The van der Waals surface area contributed by atoms with Crippen LogP contribution in [0, 0.1) is 0 Å². The summed E-state index contributed by atoms with van der Waals surface area (Å²) in [4.78, 5) is 26.4. The van der Waals surface area contributed by atoms with E-state index in [2.05, 4.69) is 58.0 Å². The number of aromatic amines is 1.